The normalized spacial score (nSPS) is 22.4. The fourth-order valence-corrected chi connectivity index (χ4v) is 3.52. The molecule has 5 heteroatoms. The molecule has 0 spiro atoms. The SMILES string of the molecule is Cc1ccc(CCCC(=O)N2CCNC(C)C2C)s1.Cl. The Bertz CT molecular complexity index is 435. The number of thiophene rings is 1. The third-order valence-electron chi connectivity index (χ3n) is 3.96. The molecular formula is C15H25ClN2OS. The number of piperazine rings is 1. The van der Waals surface area contributed by atoms with Crippen LogP contribution in [-0.2, 0) is 11.2 Å². The first-order valence-electron chi connectivity index (χ1n) is 7.16. The van der Waals surface area contributed by atoms with Crippen LogP contribution in [0.25, 0.3) is 0 Å². The molecule has 0 aliphatic carbocycles. The maximum Gasteiger partial charge on any atom is 0.222 e. The summed E-state index contributed by atoms with van der Waals surface area (Å²) in [4.78, 5) is 17.0. The second-order valence-corrected chi connectivity index (χ2v) is 6.81. The van der Waals surface area contributed by atoms with Gasteiger partial charge in [0.05, 0.1) is 0 Å². The smallest absolute Gasteiger partial charge is 0.222 e. The number of rotatable bonds is 4. The van der Waals surface area contributed by atoms with E-state index in [-0.39, 0.29) is 12.4 Å². The highest BCUT2D eigenvalue weighted by Gasteiger charge is 2.27. The Hall–Kier alpha value is -0.580. The largest absolute Gasteiger partial charge is 0.337 e. The van der Waals surface area contributed by atoms with Gasteiger partial charge in [0.2, 0.25) is 5.91 Å². The van der Waals surface area contributed by atoms with E-state index >= 15 is 0 Å². The molecule has 3 nitrogen and oxygen atoms in total. The van der Waals surface area contributed by atoms with Crippen molar-refractivity contribution in [3.05, 3.63) is 21.9 Å². The number of halogens is 1. The molecule has 1 aromatic rings. The number of carbonyl (C=O) groups excluding carboxylic acids is 1. The zero-order valence-electron chi connectivity index (χ0n) is 12.5. The fraction of sp³-hybridized carbons (Fsp3) is 0.667. The van der Waals surface area contributed by atoms with E-state index in [0.717, 1.165) is 25.9 Å². The second kappa shape index (κ2) is 8.01. The van der Waals surface area contributed by atoms with Gasteiger partial charge in [-0.3, -0.25) is 4.79 Å². The van der Waals surface area contributed by atoms with Crippen molar-refractivity contribution in [2.45, 2.75) is 52.1 Å². The molecule has 20 heavy (non-hydrogen) atoms. The van der Waals surface area contributed by atoms with Crippen molar-refractivity contribution in [2.75, 3.05) is 13.1 Å². The van der Waals surface area contributed by atoms with Crippen LogP contribution in [-0.4, -0.2) is 36.0 Å². The lowest BCUT2D eigenvalue weighted by atomic mass is 10.1. The molecule has 1 aliphatic heterocycles. The lowest BCUT2D eigenvalue weighted by Gasteiger charge is -2.38. The van der Waals surface area contributed by atoms with Crippen LogP contribution < -0.4 is 5.32 Å². The first-order chi connectivity index (χ1) is 9.08. The zero-order valence-corrected chi connectivity index (χ0v) is 14.1. The standard InChI is InChI=1S/C15H24N2OS.ClH/c1-11-7-8-14(19-11)5-4-6-15(18)17-10-9-16-12(2)13(17)3;/h7-8,12-13,16H,4-6,9-10H2,1-3H3;1H. The van der Waals surface area contributed by atoms with Crippen molar-refractivity contribution in [3.8, 4) is 0 Å². The highest BCUT2D eigenvalue weighted by molar-refractivity contribution is 7.11. The highest BCUT2D eigenvalue weighted by atomic mass is 35.5. The second-order valence-electron chi connectivity index (χ2n) is 5.44. The molecule has 0 bridgehead atoms. The third kappa shape index (κ3) is 4.47. The number of nitrogens with zero attached hydrogens (tertiary/aromatic N) is 1. The Balaban J connectivity index is 0.00000200. The predicted octanol–water partition coefficient (Wildman–Crippen LogP) is 3.01. The monoisotopic (exact) mass is 316 g/mol. The van der Waals surface area contributed by atoms with Gasteiger partial charge in [-0.15, -0.1) is 23.7 Å². The van der Waals surface area contributed by atoms with Crippen molar-refractivity contribution in [1.82, 2.24) is 10.2 Å². The van der Waals surface area contributed by atoms with Gasteiger partial charge >= 0.3 is 0 Å². The Morgan fingerprint density at radius 3 is 2.85 bits per heavy atom. The minimum atomic E-state index is 0. The first kappa shape index (κ1) is 17.5. The number of amides is 1. The Kier molecular flexibility index (Phi) is 7.00. The molecule has 1 aliphatic rings. The summed E-state index contributed by atoms with van der Waals surface area (Å²) in [5, 5.41) is 3.41. The van der Waals surface area contributed by atoms with Crippen molar-refractivity contribution in [1.29, 1.82) is 0 Å². The van der Waals surface area contributed by atoms with Gasteiger partial charge in [-0.1, -0.05) is 0 Å². The van der Waals surface area contributed by atoms with Crippen LogP contribution in [0.2, 0.25) is 0 Å². The molecule has 1 aromatic heterocycles. The van der Waals surface area contributed by atoms with Crippen LogP contribution in [0, 0.1) is 6.92 Å². The van der Waals surface area contributed by atoms with Crippen LogP contribution >= 0.6 is 23.7 Å². The molecule has 2 heterocycles. The van der Waals surface area contributed by atoms with Crippen molar-refractivity contribution in [3.63, 3.8) is 0 Å². The maximum absolute atomic E-state index is 12.3. The van der Waals surface area contributed by atoms with Gasteiger partial charge in [-0.05, 0) is 45.7 Å². The lowest BCUT2D eigenvalue weighted by Crippen LogP contribution is -2.57. The predicted molar refractivity (Wildman–Crippen MR) is 87.9 cm³/mol. The quantitative estimate of drug-likeness (QED) is 0.926. The molecular weight excluding hydrogens is 292 g/mol. The summed E-state index contributed by atoms with van der Waals surface area (Å²) in [6.07, 6.45) is 2.66. The molecule has 1 N–H and O–H groups in total. The van der Waals surface area contributed by atoms with Gasteiger partial charge in [0.15, 0.2) is 0 Å². The third-order valence-corrected chi connectivity index (χ3v) is 5.02. The average molecular weight is 317 g/mol. The first-order valence-corrected chi connectivity index (χ1v) is 7.97. The molecule has 2 rings (SSSR count). The van der Waals surface area contributed by atoms with E-state index in [9.17, 15) is 4.79 Å². The molecule has 0 aromatic carbocycles. The Morgan fingerprint density at radius 2 is 2.20 bits per heavy atom. The minimum Gasteiger partial charge on any atom is -0.337 e. The summed E-state index contributed by atoms with van der Waals surface area (Å²) in [5.41, 5.74) is 0. The lowest BCUT2D eigenvalue weighted by molar-refractivity contribution is -0.134. The van der Waals surface area contributed by atoms with E-state index in [1.54, 1.807) is 0 Å². The van der Waals surface area contributed by atoms with Crippen molar-refractivity contribution < 1.29 is 4.79 Å². The van der Waals surface area contributed by atoms with E-state index in [1.165, 1.54) is 9.75 Å². The molecule has 2 atom stereocenters. The number of hydrogen-bond donors (Lipinski definition) is 1. The molecule has 1 fully saturated rings. The molecule has 0 saturated carbocycles. The van der Waals surface area contributed by atoms with E-state index in [0.29, 0.717) is 24.4 Å². The number of carbonyl (C=O) groups is 1. The van der Waals surface area contributed by atoms with E-state index in [1.807, 2.05) is 16.2 Å². The van der Waals surface area contributed by atoms with Gasteiger partial charge < -0.3 is 10.2 Å². The van der Waals surface area contributed by atoms with E-state index < -0.39 is 0 Å². The summed E-state index contributed by atoms with van der Waals surface area (Å²) in [6, 6.07) is 5.05. The van der Waals surface area contributed by atoms with E-state index in [4.69, 9.17) is 0 Å². The zero-order chi connectivity index (χ0) is 13.8. The summed E-state index contributed by atoms with van der Waals surface area (Å²) < 4.78 is 0. The number of hydrogen-bond acceptors (Lipinski definition) is 3. The summed E-state index contributed by atoms with van der Waals surface area (Å²) in [7, 11) is 0. The molecule has 1 saturated heterocycles. The molecule has 2 unspecified atom stereocenters. The van der Waals surface area contributed by atoms with Crippen LogP contribution in [0.15, 0.2) is 12.1 Å². The fourth-order valence-electron chi connectivity index (χ4n) is 2.59. The van der Waals surface area contributed by atoms with E-state index in [2.05, 4.69) is 38.2 Å². The van der Waals surface area contributed by atoms with Crippen molar-refractivity contribution >= 4 is 29.7 Å². The topological polar surface area (TPSA) is 32.3 Å². The molecule has 1 amide bonds. The molecule has 114 valence electrons. The van der Waals surface area contributed by atoms with Gasteiger partial charge in [-0.25, -0.2) is 0 Å². The van der Waals surface area contributed by atoms with Crippen LogP contribution in [0.3, 0.4) is 0 Å². The average Bonchev–Trinajstić information content (AvgIpc) is 2.78. The Morgan fingerprint density at radius 1 is 1.45 bits per heavy atom. The van der Waals surface area contributed by atoms with Gasteiger partial charge in [0, 0.05) is 41.3 Å². The van der Waals surface area contributed by atoms with Crippen LogP contribution in [0.5, 0.6) is 0 Å². The van der Waals surface area contributed by atoms with Gasteiger partial charge in [0.1, 0.15) is 0 Å². The summed E-state index contributed by atoms with van der Waals surface area (Å²) in [6.45, 7) is 8.18. The van der Waals surface area contributed by atoms with Crippen LogP contribution in [0.4, 0.5) is 0 Å². The summed E-state index contributed by atoms with van der Waals surface area (Å²) in [5.74, 6) is 0.314. The Labute approximate surface area is 132 Å². The number of aryl methyl sites for hydroxylation is 2. The van der Waals surface area contributed by atoms with Crippen LogP contribution in [0.1, 0.15) is 36.4 Å². The number of nitrogens with one attached hydrogen (secondary N) is 1. The van der Waals surface area contributed by atoms with Gasteiger partial charge in [0.25, 0.3) is 0 Å². The maximum atomic E-state index is 12.3. The summed E-state index contributed by atoms with van der Waals surface area (Å²) >= 11 is 1.84. The van der Waals surface area contributed by atoms with Gasteiger partial charge in [-0.2, -0.15) is 0 Å². The van der Waals surface area contributed by atoms with Crippen molar-refractivity contribution in [2.24, 2.45) is 0 Å². The minimum absolute atomic E-state index is 0. The highest BCUT2D eigenvalue weighted by Crippen LogP contribution is 2.18. The molecule has 0 radical (unpaired) electrons.